The Labute approximate surface area is 112 Å². The van der Waals surface area contributed by atoms with Crippen molar-refractivity contribution >= 4 is 0 Å². The molecule has 0 aliphatic carbocycles. The lowest BCUT2D eigenvalue weighted by Crippen LogP contribution is -2.55. The average Bonchev–Trinajstić information content (AvgIpc) is 2.78. The molecule has 3 aliphatic heterocycles. The van der Waals surface area contributed by atoms with Crippen LogP contribution in [0.4, 0.5) is 0 Å². The van der Waals surface area contributed by atoms with E-state index in [2.05, 4.69) is 29.1 Å². The van der Waals surface area contributed by atoms with Crippen LogP contribution in [0.1, 0.15) is 45.4 Å². The Kier molecular flexibility index (Phi) is 3.92. The Balaban J connectivity index is 1.58. The fraction of sp³-hybridized carbons (Fsp3) is 1.00. The highest BCUT2D eigenvalue weighted by Crippen LogP contribution is 2.35. The quantitative estimate of drug-likeness (QED) is 0.823. The first-order valence-electron chi connectivity index (χ1n) is 7.97. The molecule has 104 valence electrons. The molecule has 0 aromatic rings. The van der Waals surface area contributed by atoms with Crippen LogP contribution < -0.4 is 5.32 Å². The van der Waals surface area contributed by atoms with Crippen LogP contribution in [0.25, 0.3) is 0 Å². The van der Waals surface area contributed by atoms with Crippen LogP contribution in [-0.2, 0) is 0 Å². The molecule has 3 heterocycles. The number of rotatable bonds is 3. The van der Waals surface area contributed by atoms with Crippen molar-refractivity contribution in [1.29, 1.82) is 0 Å². The average molecular weight is 251 g/mol. The van der Waals surface area contributed by atoms with Crippen molar-refractivity contribution in [2.24, 2.45) is 0 Å². The molecule has 3 nitrogen and oxygen atoms in total. The zero-order valence-electron chi connectivity index (χ0n) is 12.1. The standard InChI is InChI=1S/C15H29N3/c1-3-16-12-7-8-18(11-12)15-9-13-5-4-6-14(10-15)17(13)2/h12-16H,3-11H2,1-2H3. The zero-order valence-corrected chi connectivity index (χ0v) is 12.1. The summed E-state index contributed by atoms with van der Waals surface area (Å²) < 4.78 is 0. The van der Waals surface area contributed by atoms with Gasteiger partial charge >= 0.3 is 0 Å². The second-order valence-corrected chi connectivity index (χ2v) is 6.57. The van der Waals surface area contributed by atoms with Crippen LogP contribution in [-0.4, -0.2) is 60.6 Å². The van der Waals surface area contributed by atoms with Gasteiger partial charge in [-0.1, -0.05) is 13.3 Å². The van der Waals surface area contributed by atoms with Gasteiger partial charge < -0.3 is 10.2 Å². The summed E-state index contributed by atoms with van der Waals surface area (Å²) in [7, 11) is 2.36. The third-order valence-electron chi connectivity index (χ3n) is 5.54. The smallest absolute Gasteiger partial charge is 0.0207 e. The summed E-state index contributed by atoms with van der Waals surface area (Å²) in [5.74, 6) is 0. The monoisotopic (exact) mass is 251 g/mol. The van der Waals surface area contributed by atoms with Gasteiger partial charge in [0.05, 0.1) is 0 Å². The summed E-state index contributed by atoms with van der Waals surface area (Å²) in [6.45, 7) is 5.97. The Bertz CT molecular complexity index is 267. The summed E-state index contributed by atoms with van der Waals surface area (Å²) in [5, 5.41) is 3.62. The SMILES string of the molecule is CCNC1CCN(C2CC3CCCC(C2)N3C)C1. The van der Waals surface area contributed by atoms with Gasteiger partial charge in [-0.2, -0.15) is 0 Å². The molecule has 0 spiro atoms. The molecule has 3 rings (SSSR count). The molecule has 3 aliphatic rings. The lowest BCUT2D eigenvalue weighted by atomic mass is 9.82. The molecule has 3 heteroatoms. The van der Waals surface area contributed by atoms with E-state index in [0.29, 0.717) is 0 Å². The second-order valence-electron chi connectivity index (χ2n) is 6.57. The van der Waals surface area contributed by atoms with Crippen molar-refractivity contribution in [3.8, 4) is 0 Å². The molecule has 3 fully saturated rings. The zero-order chi connectivity index (χ0) is 12.5. The fourth-order valence-corrected chi connectivity index (χ4v) is 4.46. The second kappa shape index (κ2) is 5.48. The maximum Gasteiger partial charge on any atom is 0.0207 e. The third-order valence-corrected chi connectivity index (χ3v) is 5.54. The van der Waals surface area contributed by atoms with Gasteiger partial charge in [-0.25, -0.2) is 0 Å². The van der Waals surface area contributed by atoms with Crippen molar-refractivity contribution in [1.82, 2.24) is 15.1 Å². The molecule has 3 unspecified atom stereocenters. The van der Waals surface area contributed by atoms with Crippen LogP contribution in [0.3, 0.4) is 0 Å². The number of likely N-dealkylation sites (tertiary alicyclic amines) is 1. The van der Waals surface area contributed by atoms with Gasteiger partial charge in [0, 0.05) is 37.3 Å². The van der Waals surface area contributed by atoms with E-state index < -0.39 is 0 Å². The highest BCUT2D eigenvalue weighted by Gasteiger charge is 2.39. The maximum absolute atomic E-state index is 3.62. The number of nitrogens with zero attached hydrogens (tertiary/aromatic N) is 2. The van der Waals surface area contributed by atoms with E-state index in [1.54, 1.807) is 0 Å². The first-order valence-corrected chi connectivity index (χ1v) is 7.97. The van der Waals surface area contributed by atoms with E-state index in [-0.39, 0.29) is 0 Å². The van der Waals surface area contributed by atoms with Crippen LogP contribution >= 0.6 is 0 Å². The van der Waals surface area contributed by atoms with Crippen molar-refractivity contribution in [3.05, 3.63) is 0 Å². The fourth-order valence-electron chi connectivity index (χ4n) is 4.46. The number of hydrogen-bond donors (Lipinski definition) is 1. The number of nitrogens with one attached hydrogen (secondary N) is 1. The van der Waals surface area contributed by atoms with E-state index >= 15 is 0 Å². The summed E-state index contributed by atoms with van der Waals surface area (Å²) >= 11 is 0. The molecule has 0 saturated carbocycles. The molecular weight excluding hydrogens is 222 g/mol. The lowest BCUT2D eigenvalue weighted by molar-refractivity contribution is 0.0154. The van der Waals surface area contributed by atoms with Gasteiger partial charge in [0.25, 0.3) is 0 Å². The topological polar surface area (TPSA) is 18.5 Å². The number of piperidine rings is 2. The minimum Gasteiger partial charge on any atom is -0.313 e. The number of hydrogen-bond acceptors (Lipinski definition) is 3. The van der Waals surface area contributed by atoms with E-state index in [4.69, 9.17) is 0 Å². The maximum atomic E-state index is 3.62. The van der Waals surface area contributed by atoms with Gasteiger partial charge in [0.1, 0.15) is 0 Å². The van der Waals surface area contributed by atoms with Gasteiger partial charge in [0.15, 0.2) is 0 Å². The highest BCUT2D eigenvalue weighted by atomic mass is 15.3. The Morgan fingerprint density at radius 1 is 1.06 bits per heavy atom. The van der Waals surface area contributed by atoms with Crippen molar-refractivity contribution in [2.45, 2.75) is 69.6 Å². The molecule has 0 aromatic carbocycles. The van der Waals surface area contributed by atoms with Crippen LogP contribution in [0.15, 0.2) is 0 Å². The Morgan fingerprint density at radius 3 is 2.44 bits per heavy atom. The molecule has 0 radical (unpaired) electrons. The van der Waals surface area contributed by atoms with Gasteiger partial charge in [-0.15, -0.1) is 0 Å². The Morgan fingerprint density at radius 2 is 1.78 bits per heavy atom. The van der Waals surface area contributed by atoms with E-state index in [0.717, 1.165) is 30.7 Å². The molecule has 3 saturated heterocycles. The first-order chi connectivity index (χ1) is 8.78. The van der Waals surface area contributed by atoms with Crippen molar-refractivity contribution in [3.63, 3.8) is 0 Å². The molecule has 0 amide bonds. The van der Waals surface area contributed by atoms with Crippen LogP contribution in [0.5, 0.6) is 0 Å². The molecule has 18 heavy (non-hydrogen) atoms. The Hall–Kier alpha value is -0.120. The summed E-state index contributed by atoms with van der Waals surface area (Å²) in [6, 6.07) is 3.39. The van der Waals surface area contributed by atoms with Gasteiger partial charge in [0.2, 0.25) is 0 Å². The summed E-state index contributed by atoms with van der Waals surface area (Å²) in [5.41, 5.74) is 0. The predicted octanol–water partition coefficient (Wildman–Crippen LogP) is 1.69. The number of likely N-dealkylation sites (N-methyl/N-ethyl adjacent to an activating group) is 1. The van der Waals surface area contributed by atoms with Crippen molar-refractivity contribution < 1.29 is 0 Å². The first kappa shape index (κ1) is 12.9. The van der Waals surface area contributed by atoms with Crippen molar-refractivity contribution in [2.75, 3.05) is 26.7 Å². The third kappa shape index (κ3) is 2.45. The predicted molar refractivity (Wildman–Crippen MR) is 75.9 cm³/mol. The summed E-state index contributed by atoms with van der Waals surface area (Å²) in [4.78, 5) is 5.46. The van der Waals surface area contributed by atoms with Crippen LogP contribution in [0.2, 0.25) is 0 Å². The van der Waals surface area contributed by atoms with E-state index in [9.17, 15) is 0 Å². The highest BCUT2D eigenvalue weighted by molar-refractivity contribution is 4.96. The van der Waals surface area contributed by atoms with E-state index in [1.165, 1.54) is 51.6 Å². The largest absolute Gasteiger partial charge is 0.313 e. The van der Waals surface area contributed by atoms with Gasteiger partial charge in [-0.05, 0) is 45.7 Å². The molecular formula is C15H29N3. The normalized spacial score (nSPS) is 42.3. The molecule has 2 bridgehead atoms. The lowest BCUT2D eigenvalue weighted by Gasteiger charge is -2.49. The summed E-state index contributed by atoms with van der Waals surface area (Å²) in [6.07, 6.45) is 8.54. The molecule has 0 aromatic heterocycles. The minimum absolute atomic E-state index is 0.759. The van der Waals surface area contributed by atoms with Gasteiger partial charge in [-0.3, -0.25) is 4.90 Å². The molecule has 1 N–H and O–H groups in total. The van der Waals surface area contributed by atoms with Crippen LogP contribution in [0, 0.1) is 0 Å². The number of fused-ring (bicyclic) bond motifs is 2. The van der Waals surface area contributed by atoms with E-state index in [1.807, 2.05) is 0 Å². The minimum atomic E-state index is 0.759. The molecule has 3 atom stereocenters.